The Labute approximate surface area is 120 Å². The van der Waals surface area contributed by atoms with Crippen molar-refractivity contribution in [2.24, 2.45) is 5.73 Å². The summed E-state index contributed by atoms with van der Waals surface area (Å²) >= 11 is 0. The van der Waals surface area contributed by atoms with Crippen LogP contribution in [0.15, 0.2) is 48.8 Å². The average molecular weight is 296 g/mol. The van der Waals surface area contributed by atoms with Crippen LogP contribution in [0, 0.1) is 0 Å². The number of alkyl halides is 3. The lowest BCUT2D eigenvalue weighted by Crippen LogP contribution is -2.29. The van der Waals surface area contributed by atoms with Crippen molar-refractivity contribution in [2.45, 2.75) is 25.2 Å². The number of benzene rings is 1. The van der Waals surface area contributed by atoms with E-state index in [2.05, 4.69) is 4.98 Å². The second-order valence-electron chi connectivity index (χ2n) is 4.68. The van der Waals surface area contributed by atoms with Crippen molar-refractivity contribution < 1.29 is 17.9 Å². The van der Waals surface area contributed by atoms with Gasteiger partial charge in [-0.25, -0.2) is 0 Å². The van der Waals surface area contributed by atoms with Crippen molar-refractivity contribution in [3.8, 4) is 5.75 Å². The first-order valence-corrected chi connectivity index (χ1v) is 6.38. The number of rotatable bonds is 4. The molecule has 2 atom stereocenters. The van der Waals surface area contributed by atoms with Crippen LogP contribution in [0.1, 0.15) is 24.2 Å². The van der Waals surface area contributed by atoms with Crippen molar-refractivity contribution in [2.75, 3.05) is 0 Å². The van der Waals surface area contributed by atoms with E-state index in [1.807, 2.05) is 0 Å². The predicted molar refractivity (Wildman–Crippen MR) is 72.7 cm³/mol. The minimum atomic E-state index is -4.48. The fourth-order valence-corrected chi connectivity index (χ4v) is 1.96. The number of nitrogens with zero attached hydrogens (tertiary/aromatic N) is 1. The molecule has 2 aromatic rings. The van der Waals surface area contributed by atoms with Crippen molar-refractivity contribution in [3.63, 3.8) is 0 Å². The van der Waals surface area contributed by atoms with Gasteiger partial charge in [0, 0.05) is 24.0 Å². The maximum absolute atomic E-state index is 13.0. The lowest BCUT2D eigenvalue weighted by Gasteiger charge is -2.24. The molecular weight excluding hydrogens is 281 g/mol. The van der Waals surface area contributed by atoms with Crippen molar-refractivity contribution >= 4 is 0 Å². The average Bonchev–Trinajstić information content (AvgIpc) is 2.44. The summed E-state index contributed by atoms with van der Waals surface area (Å²) < 4.78 is 44.5. The zero-order chi connectivity index (χ0) is 15.5. The van der Waals surface area contributed by atoms with E-state index in [1.54, 1.807) is 25.3 Å². The molecule has 112 valence electrons. The molecule has 2 rings (SSSR count). The first-order chi connectivity index (χ1) is 9.89. The molecule has 0 aliphatic heterocycles. The lowest BCUT2D eigenvalue weighted by molar-refractivity contribution is -0.139. The number of ether oxygens (including phenoxy) is 1. The van der Waals surface area contributed by atoms with E-state index in [-0.39, 0.29) is 5.75 Å². The van der Waals surface area contributed by atoms with Gasteiger partial charge in [0.25, 0.3) is 0 Å². The second-order valence-corrected chi connectivity index (χ2v) is 4.68. The van der Waals surface area contributed by atoms with Crippen LogP contribution in [0.5, 0.6) is 5.75 Å². The molecule has 0 amide bonds. The Balaban J connectivity index is 2.35. The third-order valence-electron chi connectivity index (χ3n) is 2.94. The largest absolute Gasteiger partial charge is 0.483 e. The van der Waals surface area contributed by atoms with E-state index < -0.39 is 23.9 Å². The van der Waals surface area contributed by atoms with Crippen molar-refractivity contribution in [1.82, 2.24) is 4.98 Å². The number of hydrogen-bond donors (Lipinski definition) is 1. The maximum Gasteiger partial charge on any atom is 0.419 e. The Kier molecular flexibility index (Phi) is 4.47. The highest BCUT2D eigenvalue weighted by Crippen LogP contribution is 2.37. The van der Waals surface area contributed by atoms with Crippen LogP contribution in [-0.4, -0.2) is 11.0 Å². The van der Waals surface area contributed by atoms with E-state index in [0.29, 0.717) is 5.56 Å². The number of aromatic nitrogens is 1. The number of nitrogens with two attached hydrogens (primary N) is 1. The topological polar surface area (TPSA) is 48.1 Å². The third-order valence-corrected chi connectivity index (χ3v) is 2.94. The summed E-state index contributed by atoms with van der Waals surface area (Å²) in [5, 5.41) is 0. The van der Waals surface area contributed by atoms with Gasteiger partial charge in [0.1, 0.15) is 11.9 Å². The van der Waals surface area contributed by atoms with Crippen LogP contribution in [-0.2, 0) is 6.18 Å². The van der Waals surface area contributed by atoms with Gasteiger partial charge in [-0.3, -0.25) is 4.98 Å². The molecule has 0 spiro atoms. The van der Waals surface area contributed by atoms with E-state index in [9.17, 15) is 13.2 Å². The Morgan fingerprint density at radius 3 is 2.43 bits per heavy atom. The fraction of sp³-hybridized carbons (Fsp3) is 0.267. The molecule has 21 heavy (non-hydrogen) atoms. The summed E-state index contributed by atoms with van der Waals surface area (Å²) in [5.41, 5.74) is 5.65. The molecule has 0 aliphatic rings. The minimum absolute atomic E-state index is 0.240. The summed E-state index contributed by atoms with van der Waals surface area (Å²) in [4.78, 5) is 3.94. The van der Waals surface area contributed by atoms with Gasteiger partial charge in [-0.15, -0.1) is 0 Å². The number of pyridine rings is 1. The molecule has 0 bridgehead atoms. The van der Waals surface area contributed by atoms with Crippen LogP contribution in [0.25, 0.3) is 0 Å². The highest BCUT2D eigenvalue weighted by atomic mass is 19.4. The monoisotopic (exact) mass is 296 g/mol. The highest BCUT2D eigenvalue weighted by molar-refractivity contribution is 5.36. The van der Waals surface area contributed by atoms with E-state index in [4.69, 9.17) is 10.5 Å². The predicted octanol–water partition coefficient (Wildman–Crippen LogP) is 3.57. The number of halogens is 3. The summed E-state index contributed by atoms with van der Waals surface area (Å²) in [6.07, 6.45) is -2.08. The normalized spacial score (nSPS) is 14.5. The number of hydrogen-bond acceptors (Lipinski definition) is 3. The molecule has 0 radical (unpaired) electrons. The zero-order valence-corrected chi connectivity index (χ0v) is 11.3. The van der Waals surface area contributed by atoms with Crippen molar-refractivity contribution in [3.05, 3.63) is 59.9 Å². The smallest absolute Gasteiger partial charge is 0.419 e. The van der Waals surface area contributed by atoms with Gasteiger partial charge in [-0.1, -0.05) is 18.2 Å². The molecule has 0 saturated carbocycles. The Morgan fingerprint density at radius 1 is 1.14 bits per heavy atom. The van der Waals surface area contributed by atoms with Gasteiger partial charge in [-0.05, 0) is 25.1 Å². The fourth-order valence-electron chi connectivity index (χ4n) is 1.96. The van der Waals surface area contributed by atoms with Gasteiger partial charge in [0.15, 0.2) is 0 Å². The van der Waals surface area contributed by atoms with E-state index in [0.717, 1.165) is 6.07 Å². The first kappa shape index (κ1) is 15.3. The van der Waals surface area contributed by atoms with Crippen LogP contribution < -0.4 is 10.5 Å². The van der Waals surface area contributed by atoms with E-state index in [1.165, 1.54) is 24.4 Å². The van der Waals surface area contributed by atoms with Gasteiger partial charge >= 0.3 is 6.18 Å². The summed E-state index contributed by atoms with van der Waals surface area (Å²) in [6, 6.07) is 7.99. The minimum Gasteiger partial charge on any atom is -0.483 e. The van der Waals surface area contributed by atoms with Crippen LogP contribution >= 0.6 is 0 Å². The molecule has 3 nitrogen and oxygen atoms in total. The van der Waals surface area contributed by atoms with Crippen molar-refractivity contribution in [1.29, 1.82) is 0 Å². The Morgan fingerprint density at radius 2 is 1.86 bits per heavy atom. The van der Waals surface area contributed by atoms with Crippen LogP contribution in [0.3, 0.4) is 0 Å². The van der Waals surface area contributed by atoms with Gasteiger partial charge in [0.05, 0.1) is 5.56 Å². The molecule has 0 fully saturated rings. The third kappa shape index (κ3) is 3.72. The molecule has 1 aromatic heterocycles. The van der Waals surface area contributed by atoms with E-state index >= 15 is 0 Å². The molecule has 1 aromatic carbocycles. The highest BCUT2D eigenvalue weighted by Gasteiger charge is 2.35. The number of para-hydroxylation sites is 1. The SMILES string of the molecule is CC(N)C(Oc1ccccc1C(F)(F)F)c1cccnc1. The molecule has 1 heterocycles. The zero-order valence-electron chi connectivity index (χ0n) is 11.3. The van der Waals surface area contributed by atoms with Gasteiger partial charge < -0.3 is 10.5 Å². The molecule has 0 saturated heterocycles. The molecular formula is C15H15F3N2O. The molecule has 0 aliphatic carbocycles. The van der Waals surface area contributed by atoms with Gasteiger partial charge in [0.2, 0.25) is 0 Å². The molecule has 6 heteroatoms. The first-order valence-electron chi connectivity index (χ1n) is 6.38. The summed E-state index contributed by atoms with van der Waals surface area (Å²) in [5.74, 6) is -0.240. The van der Waals surface area contributed by atoms with Crippen LogP contribution in [0.4, 0.5) is 13.2 Å². The quantitative estimate of drug-likeness (QED) is 0.938. The lowest BCUT2D eigenvalue weighted by atomic mass is 10.1. The van der Waals surface area contributed by atoms with Gasteiger partial charge in [-0.2, -0.15) is 13.2 Å². The summed E-state index contributed by atoms with van der Waals surface area (Å²) in [6.45, 7) is 1.67. The Bertz CT molecular complexity index is 585. The summed E-state index contributed by atoms with van der Waals surface area (Å²) in [7, 11) is 0. The maximum atomic E-state index is 13.0. The Hall–Kier alpha value is -2.08. The molecule has 2 unspecified atom stereocenters. The standard InChI is InChI=1S/C15H15F3N2O/c1-10(19)14(11-5-4-8-20-9-11)21-13-7-3-2-6-12(13)15(16,17)18/h2-10,14H,19H2,1H3. The molecule has 2 N–H and O–H groups in total. The van der Waals surface area contributed by atoms with Crippen LogP contribution in [0.2, 0.25) is 0 Å². The second kappa shape index (κ2) is 6.13.